The molecule has 0 fully saturated rings. The van der Waals surface area contributed by atoms with Crippen molar-refractivity contribution in [3.8, 4) is 0 Å². The number of rotatable bonds is 17. The van der Waals surface area contributed by atoms with Gasteiger partial charge >= 0.3 is 6.09 Å². The van der Waals surface area contributed by atoms with Gasteiger partial charge in [-0.05, 0) is 63.6 Å². The van der Waals surface area contributed by atoms with E-state index in [4.69, 9.17) is 4.74 Å². The maximum atomic E-state index is 13.6. The van der Waals surface area contributed by atoms with Crippen molar-refractivity contribution < 1.29 is 28.8 Å². The molecule has 0 aromatic heterocycles. The maximum Gasteiger partial charge on any atom is 0.408 e. The molecule has 2 aromatic rings. The van der Waals surface area contributed by atoms with Crippen molar-refractivity contribution in [2.24, 2.45) is 5.92 Å². The molecule has 0 aliphatic heterocycles. The monoisotopic (exact) mass is 639 g/mol. The zero-order valence-corrected chi connectivity index (χ0v) is 27.8. The highest BCUT2D eigenvalue weighted by Gasteiger charge is 2.30. The van der Waals surface area contributed by atoms with E-state index < -0.39 is 52.5 Å². The molecular formula is C34H49N5O7. The van der Waals surface area contributed by atoms with Crippen LogP contribution in [0, 0.1) is 16.0 Å². The molecule has 0 saturated heterocycles. The average Bonchev–Trinajstić information content (AvgIpc) is 2.98. The first kappa shape index (κ1) is 37.9. The number of amides is 4. The lowest BCUT2D eigenvalue weighted by molar-refractivity contribution is -0.384. The summed E-state index contributed by atoms with van der Waals surface area (Å²) >= 11 is 0. The van der Waals surface area contributed by atoms with Crippen LogP contribution in [-0.2, 0) is 32.0 Å². The van der Waals surface area contributed by atoms with Crippen molar-refractivity contribution in [1.29, 1.82) is 0 Å². The Labute approximate surface area is 271 Å². The molecule has 0 aliphatic carbocycles. The number of nitro benzene ring substituents is 1. The first-order valence-electron chi connectivity index (χ1n) is 15.8. The summed E-state index contributed by atoms with van der Waals surface area (Å²) in [6.07, 6.45) is 2.03. The third-order valence-corrected chi connectivity index (χ3v) is 6.99. The molecule has 0 unspecified atom stereocenters. The molecule has 2 rings (SSSR count). The van der Waals surface area contributed by atoms with E-state index in [9.17, 15) is 29.3 Å². The second-order valence-corrected chi connectivity index (χ2v) is 12.8. The first-order chi connectivity index (χ1) is 21.7. The lowest BCUT2D eigenvalue weighted by atomic mass is 10.0. The van der Waals surface area contributed by atoms with Gasteiger partial charge in [-0.3, -0.25) is 29.8 Å². The molecule has 12 nitrogen and oxygen atoms in total. The molecule has 0 saturated carbocycles. The number of alkyl carbamates (subject to hydrolysis) is 1. The Bertz CT molecular complexity index is 1290. The minimum absolute atomic E-state index is 0.0495. The zero-order chi connectivity index (χ0) is 34.3. The number of carbonyl (C=O) groups excluding carboxylic acids is 4. The van der Waals surface area contributed by atoms with E-state index in [1.807, 2.05) is 51.1 Å². The molecule has 4 amide bonds. The molecule has 252 valence electrons. The van der Waals surface area contributed by atoms with Crippen LogP contribution >= 0.6 is 0 Å². The molecule has 0 aliphatic rings. The Morgan fingerprint density at radius 1 is 0.848 bits per heavy atom. The molecule has 4 N–H and O–H groups in total. The summed E-state index contributed by atoms with van der Waals surface area (Å²) in [7, 11) is 0. The van der Waals surface area contributed by atoms with Gasteiger partial charge in [0.25, 0.3) is 5.69 Å². The van der Waals surface area contributed by atoms with Gasteiger partial charge in [0.2, 0.25) is 17.7 Å². The van der Waals surface area contributed by atoms with E-state index >= 15 is 0 Å². The second kappa shape index (κ2) is 18.6. The molecule has 0 spiro atoms. The quantitative estimate of drug-likeness (QED) is 0.144. The topological polar surface area (TPSA) is 169 Å². The Morgan fingerprint density at radius 2 is 1.48 bits per heavy atom. The second-order valence-electron chi connectivity index (χ2n) is 12.8. The number of hydrogen-bond donors (Lipinski definition) is 4. The van der Waals surface area contributed by atoms with Crippen LogP contribution in [-0.4, -0.2) is 59.0 Å². The molecule has 2 aromatic carbocycles. The minimum Gasteiger partial charge on any atom is -0.444 e. The molecule has 46 heavy (non-hydrogen) atoms. The lowest BCUT2D eigenvalue weighted by Crippen LogP contribution is -2.57. The number of non-ortho nitro benzene ring substituents is 1. The number of unbranched alkanes of at least 4 members (excludes halogenated alkanes) is 1. The smallest absolute Gasteiger partial charge is 0.408 e. The fraction of sp³-hybridized carbons (Fsp3) is 0.529. The van der Waals surface area contributed by atoms with Crippen LogP contribution < -0.4 is 21.3 Å². The van der Waals surface area contributed by atoms with E-state index in [1.54, 1.807) is 20.8 Å². The van der Waals surface area contributed by atoms with E-state index in [-0.39, 0.29) is 18.0 Å². The van der Waals surface area contributed by atoms with E-state index in [0.29, 0.717) is 37.8 Å². The van der Waals surface area contributed by atoms with Crippen LogP contribution in [0.4, 0.5) is 10.5 Å². The summed E-state index contributed by atoms with van der Waals surface area (Å²) in [5.74, 6) is -1.72. The van der Waals surface area contributed by atoms with Crippen molar-refractivity contribution in [1.82, 2.24) is 21.3 Å². The molecular weight excluding hydrogens is 590 g/mol. The van der Waals surface area contributed by atoms with E-state index in [2.05, 4.69) is 21.3 Å². The zero-order valence-electron chi connectivity index (χ0n) is 27.8. The third kappa shape index (κ3) is 14.2. The van der Waals surface area contributed by atoms with Crippen LogP contribution in [0.5, 0.6) is 0 Å². The number of nitrogens with zero attached hydrogens (tertiary/aromatic N) is 1. The number of carbonyl (C=O) groups is 4. The molecule has 3 atom stereocenters. The number of nitro groups is 1. The van der Waals surface area contributed by atoms with Gasteiger partial charge in [-0.2, -0.15) is 0 Å². The number of benzene rings is 2. The van der Waals surface area contributed by atoms with Gasteiger partial charge in [0, 0.05) is 18.6 Å². The number of hydrogen-bond acceptors (Lipinski definition) is 8. The van der Waals surface area contributed by atoms with E-state index in [0.717, 1.165) is 12.0 Å². The van der Waals surface area contributed by atoms with Gasteiger partial charge in [-0.25, -0.2) is 4.79 Å². The number of ether oxygens (including phenoxy) is 1. The van der Waals surface area contributed by atoms with Crippen LogP contribution in [0.2, 0.25) is 0 Å². The summed E-state index contributed by atoms with van der Waals surface area (Å²) in [4.78, 5) is 63.6. The van der Waals surface area contributed by atoms with Gasteiger partial charge in [0.15, 0.2) is 0 Å². The first-order valence-corrected chi connectivity index (χ1v) is 15.8. The summed E-state index contributed by atoms with van der Waals surface area (Å²) in [6.45, 7) is 11.5. The summed E-state index contributed by atoms with van der Waals surface area (Å²) in [6, 6.07) is 12.6. The third-order valence-electron chi connectivity index (χ3n) is 6.99. The van der Waals surface area contributed by atoms with Crippen LogP contribution in [0.15, 0.2) is 54.6 Å². The minimum atomic E-state index is -1.22. The van der Waals surface area contributed by atoms with Crippen molar-refractivity contribution in [3.05, 3.63) is 75.8 Å². The van der Waals surface area contributed by atoms with Crippen molar-refractivity contribution in [2.75, 3.05) is 6.54 Å². The Morgan fingerprint density at radius 3 is 2.04 bits per heavy atom. The standard InChI is InChI=1S/C34H49N5O7/c1-7-8-14-27(37-33(43)46-34(4,5)6)30(40)36-29(22-25-15-17-26(18-16-25)39(44)45)32(42)38-31(41)28(21-23(2)3)35-20-19-24-12-10-9-11-13-24/h9-13,15-18,23,27-29,35H,7-8,14,19-22H2,1-6H3,(H,36,40)(H,37,43)(H,38,41,42)/t27-,28-,29-/m0/s1. The Hall–Kier alpha value is -4.32. The highest BCUT2D eigenvalue weighted by molar-refractivity contribution is 6.01. The van der Waals surface area contributed by atoms with Crippen LogP contribution in [0.3, 0.4) is 0 Å². The summed E-state index contributed by atoms with van der Waals surface area (Å²) in [5, 5.41) is 22.2. The normalized spacial score (nSPS) is 13.3. The van der Waals surface area contributed by atoms with Gasteiger partial charge in [0.05, 0.1) is 11.0 Å². The fourth-order valence-corrected chi connectivity index (χ4v) is 4.68. The summed E-state index contributed by atoms with van der Waals surface area (Å²) in [5.41, 5.74) is 0.737. The molecule has 0 radical (unpaired) electrons. The largest absolute Gasteiger partial charge is 0.444 e. The highest BCUT2D eigenvalue weighted by atomic mass is 16.6. The summed E-state index contributed by atoms with van der Waals surface area (Å²) < 4.78 is 5.33. The highest BCUT2D eigenvalue weighted by Crippen LogP contribution is 2.15. The van der Waals surface area contributed by atoms with Crippen LogP contribution in [0.1, 0.15) is 78.4 Å². The predicted molar refractivity (Wildman–Crippen MR) is 176 cm³/mol. The average molecular weight is 640 g/mol. The molecule has 0 heterocycles. The fourth-order valence-electron chi connectivity index (χ4n) is 4.68. The van der Waals surface area contributed by atoms with Gasteiger partial charge in [-0.15, -0.1) is 0 Å². The number of nitrogens with one attached hydrogen (secondary N) is 4. The predicted octanol–water partition coefficient (Wildman–Crippen LogP) is 4.60. The van der Waals surface area contributed by atoms with Gasteiger partial charge < -0.3 is 20.7 Å². The van der Waals surface area contributed by atoms with Crippen molar-refractivity contribution >= 4 is 29.5 Å². The van der Waals surface area contributed by atoms with E-state index in [1.165, 1.54) is 24.3 Å². The van der Waals surface area contributed by atoms with Gasteiger partial charge in [0.1, 0.15) is 17.7 Å². The Balaban J connectivity index is 2.25. The molecule has 0 bridgehead atoms. The molecule has 12 heteroatoms. The number of imide groups is 1. The SMILES string of the molecule is CCCC[C@H](NC(=O)OC(C)(C)C)C(=O)N[C@@H](Cc1ccc([N+](=O)[O-])cc1)C(=O)NC(=O)[C@H](CC(C)C)NCCc1ccccc1. The van der Waals surface area contributed by atoms with Crippen molar-refractivity contribution in [2.45, 2.75) is 104 Å². The maximum absolute atomic E-state index is 13.6. The lowest BCUT2D eigenvalue weighted by Gasteiger charge is -2.26. The van der Waals surface area contributed by atoms with Crippen LogP contribution in [0.25, 0.3) is 0 Å². The van der Waals surface area contributed by atoms with Crippen molar-refractivity contribution in [3.63, 3.8) is 0 Å². The van der Waals surface area contributed by atoms with Gasteiger partial charge in [-0.1, -0.05) is 76.1 Å². The Kier molecular flexibility index (Phi) is 15.3.